The van der Waals surface area contributed by atoms with Gasteiger partial charge in [-0.25, -0.2) is 9.67 Å². The molecule has 0 atom stereocenters. The highest BCUT2D eigenvalue weighted by atomic mass is 16.2. The second-order valence-corrected chi connectivity index (χ2v) is 6.89. The fourth-order valence-electron chi connectivity index (χ4n) is 3.36. The Morgan fingerprint density at radius 3 is 2.46 bits per heavy atom. The molecular weight excluding hydrogens is 354 g/mol. The van der Waals surface area contributed by atoms with Gasteiger partial charge in [-0.15, -0.1) is 0 Å². The third kappa shape index (κ3) is 3.51. The summed E-state index contributed by atoms with van der Waals surface area (Å²) < 4.78 is 1.76. The van der Waals surface area contributed by atoms with Crippen molar-refractivity contribution in [2.45, 2.75) is 26.7 Å². The molecule has 142 valence electrons. The molecule has 7 heteroatoms. The highest BCUT2D eigenvalue weighted by Crippen LogP contribution is 2.22. The minimum atomic E-state index is -0.222. The van der Waals surface area contributed by atoms with E-state index in [9.17, 15) is 9.59 Å². The molecule has 1 saturated heterocycles. The van der Waals surface area contributed by atoms with Gasteiger partial charge in [-0.2, -0.15) is 5.10 Å². The van der Waals surface area contributed by atoms with Gasteiger partial charge >= 0.3 is 0 Å². The van der Waals surface area contributed by atoms with E-state index >= 15 is 0 Å². The fraction of sp³-hybridized carbons (Fsp3) is 0.238. The Balaban J connectivity index is 1.44. The van der Waals surface area contributed by atoms with Crippen LogP contribution < -0.4 is 10.2 Å². The normalized spacial score (nSPS) is 13.8. The summed E-state index contributed by atoms with van der Waals surface area (Å²) in [7, 11) is 0. The van der Waals surface area contributed by atoms with Gasteiger partial charge in [-0.3, -0.25) is 9.59 Å². The van der Waals surface area contributed by atoms with E-state index in [2.05, 4.69) is 15.4 Å². The number of aromatic nitrogens is 3. The number of pyridine rings is 1. The van der Waals surface area contributed by atoms with Crippen LogP contribution in [0.25, 0.3) is 5.82 Å². The average molecular weight is 375 g/mol. The lowest BCUT2D eigenvalue weighted by Crippen LogP contribution is -2.23. The molecule has 7 nitrogen and oxygen atoms in total. The molecule has 3 heterocycles. The van der Waals surface area contributed by atoms with E-state index in [1.54, 1.807) is 34.0 Å². The molecule has 1 aliphatic heterocycles. The number of carbonyl (C=O) groups is 2. The minimum absolute atomic E-state index is 0.131. The van der Waals surface area contributed by atoms with Crippen molar-refractivity contribution >= 4 is 23.2 Å². The number of hydrogen-bond acceptors (Lipinski definition) is 4. The van der Waals surface area contributed by atoms with E-state index in [1.807, 2.05) is 38.1 Å². The van der Waals surface area contributed by atoms with Gasteiger partial charge in [0.25, 0.3) is 5.91 Å². The summed E-state index contributed by atoms with van der Waals surface area (Å²) in [5, 5.41) is 7.25. The molecule has 1 fully saturated rings. The lowest BCUT2D eigenvalue weighted by Gasteiger charge is -2.15. The first-order chi connectivity index (χ1) is 13.5. The van der Waals surface area contributed by atoms with E-state index in [-0.39, 0.29) is 11.8 Å². The summed E-state index contributed by atoms with van der Waals surface area (Å²) in [6.45, 7) is 4.64. The number of aryl methyl sites for hydroxylation is 2. The van der Waals surface area contributed by atoms with Gasteiger partial charge in [0.05, 0.1) is 17.6 Å². The van der Waals surface area contributed by atoms with Gasteiger partial charge in [0.15, 0.2) is 5.82 Å². The molecule has 0 saturated carbocycles. The molecule has 0 radical (unpaired) electrons. The van der Waals surface area contributed by atoms with E-state index in [0.29, 0.717) is 23.5 Å². The van der Waals surface area contributed by atoms with Crippen molar-refractivity contribution in [2.75, 3.05) is 16.8 Å². The van der Waals surface area contributed by atoms with Gasteiger partial charge in [0.2, 0.25) is 5.91 Å². The molecule has 4 rings (SSSR count). The van der Waals surface area contributed by atoms with Crippen molar-refractivity contribution in [3.05, 3.63) is 65.6 Å². The Labute approximate surface area is 163 Å². The second kappa shape index (κ2) is 7.26. The Morgan fingerprint density at radius 1 is 1.11 bits per heavy atom. The molecule has 0 unspecified atom stereocenters. The van der Waals surface area contributed by atoms with Gasteiger partial charge < -0.3 is 10.2 Å². The first-order valence-corrected chi connectivity index (χ1v) is 9.23. The molecule has 1 N–H and O–H groups in total. The van der Waals surface area contributed by atoms with Crippen LogP contribution in [0.15, 0.2) is 48.7 Å². The molecule has 2 aromatic heterocycles. The van der Waals surface area contributed by atoms with Crippen molar-refractivity contribution < 1.29 is 9.59 Å². The third-order valence-electron chi connectivity index (χ3n) is 4.75. The third-order valence-corrected chi connectivity index (χ3v) is 4.75. The van der Waals surface area contributed by atoms with E-state index in [1.165, 1.54) is 0 Å². The van der Waals surface area contributed by atoms with Crippen LogP contribution in [0.2, 0.25) is 0 Å². The molecule has 1 aliphatic rings. The summed E-state index contributed by atoms with van der Waals surface area (Å²) in [5.41, 5.74) is 3.89. The van der Waals surface area contributed by atoms with E-state index < -0.39 is 0 Å². The average Bonchev–Trinajstić information content (AvgIpc) is 3.27. The monoisotopic (exact) mass is 375 g/mol. The molecule has 3 aromatic rings. The lowest BCUT2D eigenvalue weighted by atomic mass is 10.2. The standard InChI is InChI=1S/C21H21N5O2/c1-14-12-15(2)26(24-14)19-10-7-17(13-22-19)23-21(28)16-5-8-18(9-6-16)25-11-3-4-20(25)27/h5-10,12-13H,3-4,11H2,1-2H3,(H,23,28). The van der Waals surface area contributed by atoms with Crippen LogP contribution >= 0.6 is 0 Å². The molecule has 2 amide bonds. The van der Waals surface area contributed by atoms with Gasteiger partial charge in [0.1, 0.15) is 0 Å². The topological polar surface area (TPSA) is 80.1 Å². The Hall–Kier alpha value is -3.48. The minimum Gasteiger partial charge on any atom is -0.321 e. The lowest BCUT2D eigenvalue weighted by molar-refractivity contribution is -0.117. The van der Waals surface area contributed by atoms with Crippen LogP contribution in [-0.2, 0) is 4.79 Å². The summed E-state index contributed by atoms with van der Waals surface area (Å²) in [4.78, 5) is 30.4. The van der Waals surface area contributed by atoms with Crippen LogP contribution in [0.1, 0.15) is 34.6 Å². The maximum atomic E-state index is 12.5. The summed E-state index contributed by atoms with van der Waals surface area (Å²) in [5.74, 6) is 0.606. The number of amides is 2. The quantitative estimate of drug-likeness (QED) is 0.759. The zero-order chi connectivity index (χ0) is 19.7. The zero-order valence-corrected chi connectivity index (χ0v) is 15.8. The smallest absolute Gasteiger partial charge is 0.255 e. The highest BCUT2D eigenvalue weighted by molar-refractivity contribution is 6.04. The van der Waals surface area contributed by atoms with Crippen molar-refractivity contribution in [3.63, 3.8) is 0 Å². The van der Waals surface area contributed by atoms with Gasteiger partial charge in [0, 0.05) is 29.9 Å². The second-order valence-electron chi connectivity index (χ2n) is 6.89. The van der Waals surface area contributed by atoms with Crippen LogP contribution in [0, 0.1) is 13.8 Å². The summed E-state index contributed by atoms with van der Waals surface area (Å²) in [6, 6.07) is 12.7. The Morgan fingerprint density at radius 2 is 1.89 bits per heavy atom. The molecule has 0 spiro atoms. The molecule has 0 aliphatic carbocycles. The van der Waals surface area contributed by atoms with E-state index in [4.69, 9.17) is 0 Å². The Bertz CT molecular complexity index is 1020. The summed E-state index contributed by atoms with van der Waals surface area (Å²) >= 11 is 0. The van der Waals surface area contributed by atoms with Crippen LogP contribution in [0.5, 0.6) is 0 Å². The number of rotatable bonds is 4. The number of nitrogens with one attached hydrogen (secondary N) is 1. The van der Waals surface area contributed by atoms with Crippen LogP contribution in [0.4, 0.5) is 11.4 Å². The fourth-order valence-corrected chi connectivity index (χ4v) is 3.36. The first-order valence-electron chi connectivity index (χ1n) is 9.23. The molecular formula is C21H21N5O2. The SMILES string of the molecule is Cc1cc(C)n(-c2ccc(NC(=O)c3ccc(N4CCCC4=O)cc3)cn2)n1. The number of nitrogens with zero attached hydrogens (tertiary/aromatic N) is 4. The van der Waals surface area contributed by atoms with Crippen molar-refractivity contribution in [3.8, 4) is 5.82 Å². The van der Waals surface area contributed by atoms with Crippen molar-refractivity contribution in [2.24, 2.45) is 0 Å². The Kier molecular flexibility index (Phi) is 4.65. The number of anilines is 2. The van der Waals surface area contributed by atoms with Crippen molar-refractivity contribution in [1.29, 1.82) is 0 Å². The maximum Gasteiger partial charge on any atom is 0.255 e. The van der Waals surface area contributed by atoms with E-state index in [0.717, 1.165) is 30.0 Å². The number of benzene rings is 1. The molecule has 0 bridgehead atoms. The van der Waals surface area contributed by atoms with Gasteiger partial charge in [-0.1, -0.05) is 0 Å². The van der Waals surface area contributed by atoms with Crippen LogP contribution in [-0.4, -0.2) is 33.1 Å². The van der Waals surface area contributed by atoms with Gasteiger partial charge in [-0.05, 0) is 62.7 Å². The van der Waals surface area contributed by atoms with Crippen LogP contribution in [0.3, 0.4) is 0 Å². The molecule has 28 heavy (non-hydrogen) atoms. The number of carbonyl (C=O) groups excluding carboxylic acids is 2. The maximum absolute atomic E-state index is 12.5. The predicted molar refractivity (Wildman–Crippen MR) is 107 cm³/mol. The van der Waals surface area contributed by atoms with Crippen molar-refractivity contribution in [1.82, 2.24) is 14.8 Å². The zero-order valence-electron chi connectivity index (χ0n) is 15.8. The highest BCUT2D eigenvalue weighted by Gasteiger charge is 2.21. The number of hydrogen-bond donors (Lipinski definition) is 1. The first kappa shape index (κ1) is 17.9. The predicted octanol–water partition coefficient (Wildman–Crippen LogP) is 3.26. The summed E-state index contributed by atoms with van der Waals surface area (Å²) in [6.07, 6.45) is 3.07. The largest absolute Gasteiger partial charge is 0.321 e. The molecule has 1 aromatic carbocycles.